The van der Waals surface area contributed by atoms with Gasteiger partial charge in [0.1, 0.15) is 16.2 Å². The summed E-state index contributed by atoms with van der Waals surface area (Å²) >= 11 is 0. The van der Waals surface area contributed by atoms with Crippen LogP contribution in [0, 0.1) is 6.92 Å². The minimum absolute atomic E-state index is 0.0133. The standard InChI is InChI=1S/C22H22N4O3S/c1-14-6-4-8-16(12-14)30(27,28)20-19-22(25-18-10-3-2-9-17(18)24-19)26(21(20)23)13-15-7-5-11-29-15/h2-4,6,8-10,12,15H,5,7,11,13,23H2,1H3/t15-/m1/s1. The second-order valence-electron chi connectivity index (χ2n) is 7.66. The van der Waals surface area contributed by atoms with Gasteiger partial charge < -0.3 is 15.0 Å². The first-order valence-electron chi connectivity index (χ1n) is 9.93. The lowest BCUT2D eigenvalue weighted by atomic mass is 10.2. The zero-order chi connectivity index (χ0) is 20.9. The lowest BCUT2D eigenvalue weighted by Crippen LogP contribution is -2.17. The summed E-state index contributed by atoms with van der Waals surface area (Å²) in [6.07, 6.45) is 1.86. The molecule has 3 heterocycles. The van der Waals surface area contributed by atoms with E-state index in [0.29, 0.717) is 35.3 Å². The number of fused-ring (bicyclic) bond motifs is 2. The summed E-state index contributed by atoms with van der Waals surface area (Å²) in [7, 11) is -3.89. The van der Waals surface area contributed by atoms with Crippen LogP contribution in [0.2, 0.25) is 0 Å². The molecular weight excluding hydrogens is 400 g/mol. The molecule has 2 aromatic carbocycles. The first-order valence-corrected chi connectivity index (χ1v) is 11.4. The highest BCUT2D eigenvalue weighted by molar-refractivity contribution is 7.92. The molecule has 0 saturated carbocycles. The third kappa shape index (κ3) is 3.03. The lowest BCUT2D eigenvalue weighted by Gasteiger charge is -2.13. The minimum Gasteiger partial charge on any atom is -0.384 e. The number of hydrogen-bond donors (Lipinski definition) is 1. The first-order chi connectivity index (χ1) is 14.4. The van der Waals surface area contributed by atoms with Crippen LogP contribution in [0.5, 0.6) is 0 Å². The topological polar surface area (TPSA) is 100 Å². The molecule has 30 heavy (non-hydrogen) atoms. The number of nitrogens with two attached hydrogens (primary N) is 1. The van der Waals surface area contributed by atoms with Gasteiger partial charge in [0.2, 0.25) is 9.84 Å². The van der Waals surface area contributed by atoms with E-state index < -0.39 is 9.84 Å². The Hall–Kier alpha value is -2.97. The Morgan fingerprint density at radius 1 is 1.13 bits per heavy atom. The van der Waals surface area contributed by atoms with E-state index in [1.807, 2.05) is 37.3 Å². The molecule has 0 radical (unpaired) electrons. The van der Waals surface area contributed by atoms with Gasteiger partial charge in [0, 0.05) is 6.61 Å². The summed E-state index contributed by atoms with van der Waals surface area (Å²) in [4.78, 5) is 9.60. The molecule has 1 atom stereocenters. The Morgan fingerprint density at radius 3 is 2.60 bits per heavy atom. The molecule has 7 nitrogen and oxygen atoms in total. The van der Waals surface area contributed by atoms with E-state index in [-0.39, 0.29) is 21.7 Å². The number of hydrogen-bond acceptors (Lipinski definition) is 6. The van der Waals surface area contributed by atoms with Crippen LogP contribution in [0.25, 0.3) is 22.2 Å². The Labute approximate surface area is 174 Å². The van der Waals surface area contributed by atoms with Crippen molar-refractivity contribution in [1.82, 2.24) is 14.5 Å². The number of nitrogens with zero attached hydrogens (tertiary/aromatic N) is 3. The van der Waals surface area contributed by atoms with Crippen molar-refractivity contribution in [3.63, 3.8) is 0 Å². The second kappa shape index (κ2) is 7.07. The van der Waals surface area contributed by atoms with Gasteiger partial charge in [-0.1, -0.05) is 24.3 Å². The molecule has 8 heteroatoms. The van der Waals surface area contributed by atoms with E-state index in [2.05, 4.69) is 4.98 Å². The highest BCUT2D eigenvalue weighted by Gasteiger charge is 2.31. The fraction of sp³-hybridized carbons (Fsp3) is 0.273. The zero-order valence-electron chi connectivity index (χ0n) is 16.6. The van der Waals surface area contributed by atoms with Crippen LogP contribution < -0.4 is 5.73 Å². The molecule has 0 bridgehead atoms. The largest absolute Gasteiger partial charge is 0.384 e. The van der Waals surface area contributed by atoms with E-state index in [0.717, 1.165) is 18.4 Å². The van der Waals surface area contributed by atoms with Gasteiger partial charge in [0.05, 0.1) is 28.6 Å². The maximum atomic E-state index is 13.6. The molecule has 4 aromatic rings. The molecule has 1 aliphatic heterocycles. The summed E-state index contributed by atoms with van der Waals surface area (Å²) in [5, 5.41) is 0. The molecule has 2 N–H and O–H groups in total. The maximum absolute atomic E-state index is 13.6. The monoisotopic (exact) mass is 422 g/mol. The molecule has 1 saturated heterocycles. The zero-order valence-corrected chi connectivity index (χ0v) is 17.4. The number of anilines is 1. The molecule has 0 amide bonds. The van der Waals surface area contributed by atoms with Crippen molar-refractivity contribution in [1.29, 1.82) is 0 Å². The smallest absolute Gasteiger partial charge is 0.212 e. The average Bonchev–Trinajstić information content (AvgIpc) is 3.33. The van der Waals surface area contributed by atoms with Crippen LogP contribution in [0.15, 0.2) is 58.3 Å². The van der Waals surface area contributed by atoms with Gasteiger partial charge in [-0.25, -0.2) is 18.4 Å². The van der Waals surface area contributed by atoms with Crippen molar-refractivity contribution in [2.75, 3.05) is 12.3 Å². The van der Waals surface area contributed by atoms with E-state index in [1.54, 1.807) is 22.8 Å². The van der Waals surface area contributed by atoms with E-state index >= 15 is 0 Å². The summed E-state index contributed by atoms with van der Waals surface area (Å²) in [6.45, 7) is 3.00. The number of nitrogen functional groups attached to an aromatic ring is 1. The molecule has 154 valence electrons. The van der Waals surface area contributed by atoms with Crippen molar-refractivity contribution < 1.29 is 13.2 Å². The summed E-state index contributed by atoms with van der Waals surface area (Å²) in [6, 6.07) is 14.2. The van der Waals surface area contributed by atoms with Crippen LogP contribution in [0.3, 0.4) is 0 Å². The third-order valence-electron chi connectivity index (χ3n) is 5.53. The molecule has 2 aromatic heterocycles. The number of sulfone groups is 1. The predicted molar refractivity (Wildman–Crippen MR) is 115 cm³/mol. The molecule has 0 aliphatic carbocycles. The Balaban J connectivity index is 1.80. The SMILES string of the molecule is Cc1cccc(S(=O)(=O)c2c(N)n(C[C@H]3CCCO3)c3nc4ccccc4nc23)c1. The first kappa shape index (κ1) is 19.0. The van der Waals surface area contributed by atoms with E-state index in [1.165, 1.54) is 0 Å². The van der Waals surface area contributed by atoms with Gasteiger partial charge in [-0.05, 0) is 49.6 Å². The van der Waals surface area contributed by atoms with E-state index in [9.17, 15) is 8.42 Å². The molecule has 0 unspecified atom stereocenters. The van der Waals surface area contributed by atoms with Crippen molar-refractivity contribution in [2.24, 2.45) is 0 Å². The average molecular weight is 423 g/mol. The van der Waals surface area contributed by atoms with Gasteiger partial charge >= 0.3 is 0 Å². The molecule has 1 aliphatic rings. The highest BCUT2D eigenvalue weighted by Crippen LogP contribution is 2.36. The van der Waals surface area contributed by atoms with Crippen molar-refractivity contribution in [3.8, 4) is 0 Å². The van der Waals surface area contributed by atoms with Gasteiger partial charge in [-0.2, -0.15) is 0 Å². The molecular formula is C22H22N4O3S. The fourth-order valence-corrected chi connectivity index (χ4v) is 5.64. The van der Waals surface area contributed by atoms with Crippen LogP contribution in [-0.2, 0) is 21.1 Å². The number of ether oxygens (including phenoxy) is 1. The van der Waals surface area contributed by atoms with Gasteiger partial charge in [0.25, 0.3) is 0 Å². The number of rotatable bonds is 4. The van der Waals surface area contributed by atoms with Crippen molar-refractivity contribution >= 4 is 37.9 Å². The quantitative estimate of drug-likeness (QED) is 0.540. The Bertz CT molecular complexity index is 1370. The lowest BCUT2D eigenvalue weighted by molar-refractivity contribution is 0.0983. The molecule has 0 spiro atoms. The third-order valence-corrected chi connectivity index (χ3v) is 7.34. The van der Waals surface area contributed by atoms with Crippen LogP contribution in [0.4, 0.5) is 5.82 Å². The Kier molecular flexibility index (Phi) is 4.48. The molecule has 5 rings (SSSR count). The summed E-state index contributed by atoms with van der Waals surface area (Å²) in [5.41, 5.74) is 9.40. The predicted octanol–water partition coefficient (Wildman–Crippen LogP) is 3.49. The van der Waals surface area contributed by atoms with Gasteiger partial charge in [-0.15, -0.1) is 0 Å². The number of aryl methyl sites for hydroxylation is 1. The normalized spacial score (nSPS) is 17.2. The van der Waals surface area contributed by atoms with Crippen molar-refractivity contribution in [3.05, 3.63) is 54.1 Å². The highest BCUT2D eigenvalue weighted by atomic mass is 32.2. The minimum atomic E-state index is -3.89. The number of aromatic nitrogens is 3. The molecule has 1 fully saturated rings. The van der Waals surface area contributed by atoms with Crippen LogP contribution in [0.1, 0.15) is 18.4 Å². The number of para-hydroxylation sites is 2. The fourth-order valence-electron chi connectivity index (χ4n) is 4.03. The van der Waals surface area contributed by atoms with Gasteiger partial charge in [-0.3, -0.25) is 0 Å². The van der Waals surface area contributed by atoms with E-state index in [4.69, 9.17) is 15.5 Å². The maximum Gasteiger partial charge on any atom is 0.212 e. The Morgan fingerprint density at radius 2 is 1.90 bits per heavy atom. The van der Waals surface area contributed by atoms with Crippen molar-refractivity contribution in [2.45, 2.75) is 42.2 Å². The second-order valence-corrected chi connectivity index (χ2v) is 9.55. The van der Waals surface area contributed by atoms with Gasteiger partial charge in [0.15, 0.2) is 5.65 Å². The van der Waals surface area contributed by atoms with Crippen LogP contribution >= 0.6 is 0 Å². The summed E-state index contributed by atoms with van der Waals surface area (Å²) < 4.78 is 34.7. The summed E-state index contributed by atoms with van der Waals surface area (Å²) in [5.74, 6) is 0.150. The number of benzene rings is 2. The van der Waals surface area contributed by atoms with Crippen LogP contribution in [-0.4, -0.2) is 35.7 Å².